The highest BCUT2D eigenvalue weighted by Crippen LogP contribution is 2.49. The van der Waals surface area contributed by atoms with Gasteiger partial charge in [0.1, 0.15) is 13.2 Å². The Morgan fingerprint density at radius 1 is 1.13 bits per heavy atom. The summed E-state index contributed by atoms with van der Waals surface area (Å²) in [6.45, 7) is 1.46. The molecule has 0 saturated heterocycles. The molecule has 1 aromatic carbocycles. The molecule has 0 amide bonds. The molecule has 1 heterocycles. The van der Waals surface area contributed by atoms with Crippen molar-refractivity contribution < 1.29 is 14.6 Å². The number of benzene rings is 1. The van der Waals surface area contributed by atoms with E-state index in [2.05, 4.69) is 0 Å². The third kappa shape index (κ3) is 1.38. The van der Waals surface area contributed by atoms with Crippen molar-refractivity contribution in [2.45, 2.75) is 18.3 Å². The fourth-order valence-corrected chi connectivity index (χ4v) is 2.06. The summed E-state index contributed by atoms with van der Waals surface area (Å²) >= 11 is 0. The van der Waals surface area contributed by atoms with E-state index in [1.807, 2.05) is 18.2 Å². The molecule has 0 radical (unpaired) electrons. The van der Waals surface area contributed by atoms with Crippen LogP contribution in [0.3, 0.4) is 0 Å². The Hall–Kier alpha value is -1.22. The van der Waals surface area contributed by atoms with Crippen molar-refractivity contribution in [1.29, 1.82) is 0 Å². The summed E-state index contributed by atoms with van der Waals surface area (Å²) in [5, 5.41) is 9.34. The molecule has 3 heteroatoms. The number of aliphatic hydroxyl groups is 1. The molecule has 80 valence electrons. The van der Waals surface area contributed by atoms with Crippen molar-refractivity contribution in [2.75, 3.05) is 19.8 Å². The lowest BCUT2D eigenvalue weighted by Gasteiger charge is -2.21. The molecule has 2 aliphatic rings. The Balaban J connectivity index is 1.97. The highest BCUT2D eigenvalue weighted by Gasteiger charge is 2.44. The van der Waals surface area contributed by atoms with Crippen molar-refractivity contribution in [3.05, 3.63) is 23.8 Å². The minimum atomic E-state index is 0.00976. The van der Waals surface area contributed by atoms with Crippen LogP contribution >= 0.6 is 0 Å². The quantitative estimate of drug-likeness (QED) is 0.796. The number of rotatable bonds is 2. The average Bonchev–Trinajstić information content (AvgIpc) is 3.09. The summed E-state index contributed by atoms with van der Waals surface area (Å²) < 4.78 is 11.0. The maximum Gasteiger partial charge on any atom is 0.161 e. The summed E-state index contributed by atoms with van der Waals surface area (Å²) in [5.41, 5.74) is 1.18. The largest absolute Gasteiger partial charge is 0.486 e. The normalized spacial score (nSPS) is 21.1. The second-order valence-electron chi connectivity index (χ2n) is 4.30. The lowest BCUT2D eigenvalue weighted by Crippen LogP contribution is -2.17. The van der Waals surface area contributed by atoms with Gasteiger partial charge in [-0.05, 0) is 30.5 Å². The molecule has 0 unspecified atom stereocenters. The fourth-order valence-electron chi connectivity index (χ4n) is 2.06. The van der Waals surface area contributed by atoms with E-state index in [1.165, 1.54) is 5.56 Å². The van der Waals surface area contributed by atoms with E-state index in [-0.39, 0.29) is 12.0 Å². The second-order valence-corrected chi connectivity index (χ2v) is 4.30. The van der Waals surface area contributed by atoms with Crippen molar-refractivity contribution in [3.63, 3.8) is 0 Å². The number of hydrogen-bond acceptors (Lipinski definition) is 3. The van der Waals surface area contributed by atoms with Gasteiger partial charge in [-0.25, -0.2) is 0 Å². The first-order chi connectivity index (χ1) is 7.34. The van der Waals surface area contributed by atoms with Gasteiger partial charge in [0.2, 0.25) is 0 Å². The van der Waals surface area contributed by atoms with E-state index in [0.717, 1.165) is 24.3 Å². The van der Waals surface area contributed by atoms with Crippen LogP contribution in [0.25, 0.3) is 0 Å². The van der Waals surface area contributed by atoms with Gasteiger partial charge in [-0.1, -0.05) is 6.07 Å². The van der Waals surface area contributed by atoms with Crippen LogP contribution in [0.1, 0.15) is 18.4 Å². The lowest BCUT2D eigenvalue weighted by molar-refractivity contribution is 0.171. The first-order valence-corrected chi connectivity index (χ1v) is 5.35. The summed E-state index contributed by atoms with van der Waals surface area (Å²) in [4.78, 5) is 0. The zero-order valence-electron chi connectivity index (χ0n) is 8.53. The molecule has 0 bridgehead atoms. The van der Waals surface area contributed by atoms with Crippen LogP contribution in [-0.4, -0.2) is 24.9 Å². The number of hydrogen-bond donors (Lipinski definition) is 1. The van der Waals surface area contributed by atoms with Crippen molar-refractivity contribution in [1.82, 2.24) is 0 Å². The summed E-state index contributed by atoms with van der Waals surface area (Å²) in [6, 6.07) is 5.99. The van der Waals surface area contributed by atoms with Crippen LogP contribution < -0.4 is 9.47 Å². The van der Waals surface area contributed by atoms with Gasteiger partial charge < -0.3 is 14.6 Å². The van der Waals surface area contributed by atoms with Gasteiger partial charge in [0, 0.05) is 5.41 Å². The SMILES string of the molecule is OCC1(c2ccc3c(c2)OCCO3)CC1. The lowest BCUT2D eigenvalue weighted by atomic mass is 9.96. The molecule has 0 spiro atoms. The van der Waals surface area contributed by atoms with Crippen LogP contribution in [0.5, 0.6) is 11.5 Å². The highest BCUT2D eigenvalue weighted by molar-refractivity contribution is 5.47. The van der Waals surface area contributed by atoms with E-state index in [1.54, 1.807) is 0 Å². The van der Waals surface area contributed by atoms with E-state index in [4.69, 9.17) is 9.47 Å². The molecule has 1 aliphatic carbocycles. The Labute approximate surface area is 88.6 Å². The fraction of sp³-hybridized carbons (Fsp3) is 0.500. The topological polar surface area (TPSA) is 38.7 Å². The van der Waals surface area contributed by atoms with Crippen LogP contribution in [0.4, 0.5) is 0 Å². The van der Waals surface area contributed by atoms with Crippen molar-refractivity contribution in [3.8, 4) is 11.5 Å². The maximum absolute atomic E-state index is 9.34. The molecular weight excluding hydrogens is 192 g/mol. The van der Waals surface area contributed by atoms with Crippen molar-refractivity contribution >= 4 is 0 Å². The average molecular weight is 206 g/mol. The molecule has 3 nitrogen and oxygen atoms in total. The van der Waals surface area contributed by atoms with Gasteiger partial charge in [-0.3, -0.25) is 0 Å². The first-order valence-electron chi connectivity index (χ1n) is 5.35. The minimum absolute atomic E-state index is 0.00976. The van der Waals surface area contributed by atoms with Crippen LogP contribution in [-0.2, 0) is 5.41 Å². The summed E-state index contributed by atoms with van der Waals surface area (Å²) in [5.74, 6) is 1.64. The Kier molecular flexibility index (Phi) is 1.89. The van der Waals surface area contributed by atoms with Crippen molar-refractivity contribution in [2.24, 2.45) is 0 Å². The molecule has 1 aromatic rings. The standard InChI is InChI=1S/C12H14O3/c13-8-12(3-4-12)9-1-2-10-11(7-9)15-6-5-14-10/h1-2,7,13H,3-6,8H2. The van der Waals surface area contributed by atoms with Gasteiger partial charge in [0.25, 0.3) is 0 Å². The van der Waals surface area contributed by atoms with Gasteiger partial charge in [0.15, 0.2) is 11.5 Å². The van der Waals surface area contributed by atoms with Gasteiger partial charge in [-0.15, -0.1) is 0 Å². The predicted molar refractivity (Wildman–Crippen MR) is 55.4 cm³/mol. The maximum atomic E-state index is 9.34. The van der Waals surface area contributed by atoms with Gasteiger partial charge in [-0.2, -0.15) is 0 Å². The minimum Gasteiger partial charge on any atom is -0.486 e. The Morgan fingerprint density at radius 3 is 2.53 bits per heavy atom. The molecule has 1 saturated carbocycles. The molecule has 0 atom stereocenters. The van der Waals surface area contributed by atoms with Crippen LogP contribution in [0.2, 0.25) is 0 Å². The molecule has 15 heavy (non-hydrogen) atoms. The van der Waals surface area contributed by atoms with Gasteiger partial charge >= 0.3 is 0 Å². The molecular formula is C12H14O3. The third-order valence-corrected chi connectivity index (χ3v) is 3.31. The molecule has 1 N–H and O–H groups in total. The Morgan fingerprint density at radius 2 is 1.87 bits per heavy atom. The van der Waals surface area contributed by atoms with Crippen LogP contribution in [0.15, 0.2) is 18.2 Å². The second kappa shape index (κ2) is 3.14. The zero-order valence-corrected chi connectivity index (χ0v) is 8.53. The number of ether oxygens (including phenoxy) is 2. The molecule has 1 fully saturated rings. The third-order valence-electron chi connectivity index (χ3n) is 3.31. The molecule has 0 aromatic heterocycles. The monoisotopic (exact) mass is 206 g/mol. The van der Waals surface area contributed by atoms with Crippen LogP contribution in [0, 0.1) is 0 Å². The highest BCUT2D eigenvalue weighted by atomic mass is 16.6. The Bertz CT molecular complexity index is 382. The number of fused-ring (bicyclic) bond motifs is 1. The number of aliphatic hydroxyl groups excluding tert-OH is 1. The van der Waals surface area contributed by atoms with E-state index < -0.39 is 0 Å². The smallest absolute Gasteiger partial charge is 0.161 e. The van der Waals surface area contributed by atoms with Gasteiger partial charge in [0.05, 0.1) is 6.61 Å². The van der Waals surface area contributed by atoms with E-state index >= 15 is 0 Å². The summed E-state index contributed by atoms with van der Waals surface area (Å²) in [7, 11) is 0. The first kappa shape index (κ1) is 9.04. The molecule has 1 aliphatic heterocycles. The molecule has 3 rings (SSSR count). The summed E-state index contributed by atoms with van der Waals surface area (Å²) in [6.07, 6.45) is 2.15. The zero-order chi connectivity index (χ0) is 10.3. The van der Waals surface area contributed by atoms with E-state index in [0.29, 0.717) is 13.2 Å². The van der Waals surface area contributed by atoms with E-state index in [9.17, 15) is 5.11 Å². The predicted octanol–water partition coefficient (Wildman–Crippen LogP) is 1.48.